The van der Waals surface area contributed by atoms with Gasteiger partial charge in [-0.25, -0.2) is 18.1 Å². The van der Waals surface area contributed by atoms with Crippen LogP contribution in [-0.4, -0.2) is 25.0 Å². The van der Waals surface area contributed by atoms with Crippen molar-refractivity contribution in [1.29, 1.82) is 0 Å². The molecule has 0 amide bonds. The van der Waals surface area contributed by atoms with E-state index in [1.165, 1.54) is 31.3 Å². The molecule has 0 fully saturated rings. The molecule has 30 heavy (non-hydrogen) atoms. The van der Waals surface area contributed by atoms with Gasteiger partial charge in [-0.15, -0.1) is 0 Å². The van der Waals surface area contributed by atoms with Gasteiger partial charge in [-0.2, -0.15) is 13.2 Å². The zero-order chi connectivity index (χ0) is 22.1. The van der Waals surface area contributed by atoms with Crippen molar-refractivity contribution in [3.8, 4) is 11.3 Å². The van der Waals surface area contributed by atoms with Crippen LogP contribution in [0.25, 0.3) is 11.3 Å². The third-order valence-electron chi connectivity index (χ3n) is 4.66. The molecule has 1 unspecified atom stereocenters. The minimum Gasteiger partial charge on any atom is -0.378 e. The Morgan fingerprint density at radius 1 is 1.10 bits per heavy atom. The van der Waals surface area contributed by atoms with E-state index in [0.29, 0.717) is 22.5 Å². The third-order valence-corrected chi connectivity index (χ3v) is 6.07. The zero-order valence-corrected chi connectivity index (χ0v) is 17.3. The number of aromatic nitrogens is 2. The van der Waals surface area contributed by atoms with Crippen LogP contribution < -0.4 is 10.0 Å². The van der Waals surface area contributed by atoms with Gasteiger partial charge in [0.1, 0.15) is 0 Å². The molecule has 0 aliphatic carbocycles. The topological polar surface area (TPSA) is 76.0 Å². The summed E-state index contributed by atoms with van der Waals surface area (Å²) >= 11 is 0. The van der Waals surface area contributed by atoms with Gasteiger partial charge in [0.25, 0.3) is 0 Å². The summed E-state index contributed by atoms with van der Waals surface area (Å²) in [7, 11) is -0.535. The highest BCUT2D eigenvalue weighted by Crippen LogP contribution is 2.33. The fraction of sp³-hybridized carbons (Fsp3) is 0.250. The fourth-order valence-electron chi connectivity index (χ4n) is 2.98. The number of halogens is 3. The molecule has 0 aliphatic heterocycles. The van der Waals surface area contributed by atoms with Gasteiger partial charge in [0, 0.05) is 30.5 Å². The average Bonchev–Trinajstić information content (AvgIpc) is 3.13. The van der Waals surface area contributed by atoms with Crippen molar-refractivity contribution in [1.82, 2.24) is 14.3 Å². The van der Waals surface area contributed by atoms with Gasteiger partial charge in [0.15, 0.2) is 0 Å². The monoisotopic (exact) mass is 438 g/mol. The predicted molar refractivity (Wildman–Crippen MR) is 108 cm³/mol. The Morgan fingerprint density at radius 2 is 1.77 bits per heavy atom. The van der Waals surface area contributed by atoms with Crippen LogP contribution in [0.3, 0.4) is 0 Å². The third kappa shape index (κ3) is 4.65. The number of imidazole rings is 1. The van der Waals surface area contributed by atoms with Gasteiger partial charge in [0.2, 0.25) is 10.0 Å². The molecule has 0 saturated carbocycles. The van der Waals surface area contributed by atoms with E-state index in [2.05, 4.69) is 15.0 Å². The maximum atomic E-state index is 12.8. The molecule has 0 aliphatic rings. The van der Waals surface area contributed by atoms with Crippen molar-refractivity contribution in [3.05, 3.63) is 66.1 Å². The Hall–Kier alpha value is -2.85. The van der Waals surface area contributed by atoms with Gasteiger partial charge in [-0.05, 0) is 49.9 Å². The highest BCUT2D eigenvalue weighted by molar-refractivity contribution is 7.89. The van der Waals surface area contributed by atoms with Crippen LogP contribution in [0.5, 0.6) is 0 Å². The Kier molecular flexibility index (Phi) is 5.91. The molecule has 1 heterocycles. The molecule has 0 bridgehead atoms. The van der Waals surface area contributed by atoms with Crippen LogP contribution in [0.2, 0.25) is 0 Å². The summed E-state index contributed by atoms with van der Waals surface area (Å²) in [6.07, 6.45) is -1.05. The summed E-state index contributed by atoms with van der Waals surface area (Å²) < 4.78 is 66.8. The highest BCUT2D eigenvalue weighted by Gasteiger charge is 2.30. The number of nitrogens with zero attached hydrogens (tertiary/aromatic N) is 2. The maximum Gasteiger partial charge on any atom is 0.416 e. The number of hydrogen-bond donors (Lipinski definition) is 2. The summed E-state index contributed by atoms with van der Waals surface area (Å²) in [6, 6.07) is 9.17. The molecule has 10 heteroatoms. The Labute approximate surface area is 172 Å². The molecule has 2 aromatic carbocycles. The normalized spacial score (nSPS) is 13.3. The molecule has 0 spiro atoms. The molecular formula is C20H21F3N4O2S. The van der Waals surface area contributed by atoms with Gasteiger partial charge < -0.3 is 9.88 Å². The lowest BCUT2D eigenvalue weighted by Crippen LogP contribution is -2.18. The van der Waals surface area contributed by atoms with Crippen LogP contribution in [0.15, 0.2) is 59.9 Å². The number of hydrogen-bond acceptors (Lipinski definition) is 4. The first kappa shape index (κ1) is 21.8. The van der Waals surface area contributed by atoms with Crippen molar-refractivity contribution in [3.63, 3.8) is 0 Å². The number of benzene rings is 2. The minimum atomic E-state index is -4.39. The van der Waals surface area contributed by atoms with E-state index in [9.17, 15) is 21.6 Å². The van der Waals surface area contributed by atoms with E-state index in [4.69, 9.17) is 0 Å². The van der Waals surface area contributed by atoms with Gasteiger partial charge >= 0.3 is 6.18 Å². The fourth-order valence-corrected chi connectivity index (χ4v) is 3.73. The van der Waals surface area contributed by atoms with Crippen molar-refractivity contribution in [2.45, 2.75) is 24.0 Å². The number of rotatable bonds is 6. The van der Waals surface area contributed by atoms with Crippen LogP contribution in [-0.2, 0) is 23.2 Å². The molecule has 6 nitrogen and oxygen atoms in total. The number of aryl methyl sites for hydroxylation is 1. The van der Waals surface area contributed by atoms with E-state index in [1.54, 1.807) is 30.2 Å². The molecule has 0 saturated heterocycles. The number of nitrogens with one attached hydrogen (secondary N) is 2. The SMILES string of the molecule is CNS(=O)(=O)c1ccc(NC(C)c2ccc(C(F)(F)F)cc2)c(-c2cn(C)cn2)c1. The summed E-state index contributed by atoms with van der Waals surface area (Å²) in [5.41, 5.74) is 1.67. The Balaban J connectivity index is 1.96. The van der Waals surface area contributed by atoms with E-state index in [1.807, 2.05) is 6.92 Å². The lowest BCUT2D eigenvalue weighted by molar-refractivity contribution is -0.137. The Morgan fingerprint density at radius 3 is 2.30 bits per heavy atom. The van der Waals surface area contributed by atoms with Crippen LogP contribution in [0.4, 0.5) is 18.9 Å². The smallest absolute Gasteiger partial charge is 0.378 e. The number of sulfonamides is 1. The van der Waals surface area contributed by atoms with E-state index in [0.717, 1.165) is 12.1 Å². The minimum absolute atomic E-state index is 0.0818. The van der Waals surface area contributed by atoms with Crippen molar-refractivity contribution < 1.29 is 21.6 Å². The first-order valence-electron chi connectivity index (χ1n) is 9.01. The first-order chi connectivity index (χ1) is 14.0. The highest BCUT2D eigenvalue weighted by atomic mass is 32.2. The first-order valence-corrected chi connectivity index (χ1v) is 10.5. The standard InChI is InChI=1S/C20H21F3N4O2S/c1-13(14-4-6-15(7-5-14)20(21,22)23)26-18-9-8-16(30(28,29)24-2)10-17(18)19-11-27(3)12-25-19/h4-13,24,26H,1-3H3. The van der Waals surface area contributed by atoms with E-state index < -0.39 is 21.8 Å². The molecule has 3 rings (SSSR count). The molecule has 2 N–H and O–H groups in total. The van der Waals surface area contributed by atoms with Gasteiger partial charge in [0.05, 0.1) is 22.5 Å². The summed E-state index contributed by atoms with van der Waals surface area (Å²) in [5.74, 6) is 0. The van der Waals surface area contributed by atoms with Gasteiger partial charge in [-0.1, -0.05) is 12.1 Å². The second kappa shape index (κ2) is 8.11. The second-order valence-corrected chi connectivity index (χ2v) is 8.71. The predicted octanol–water partition coefficient (Wildman–Crippen LogP) is 4.19. The molecule has 1 atom stereocenters. The molecular weight excluding hydrogens is 417 g/mol. The summed E-state index contributed by atoms with van der Waals surface area (Å²) in [5, 5.41) is 3.24. The molecule has 160 valence electrons. The quantitative estimate of drug-likeness (QED) is 0.605. The van der Waals surface area contributed by atoms with Gasteiger partial charge in [-0.3, -0.25) is 0 Å². The van der Waals surface area contributed by atoms with Crippen molar-refractivity contribution in [2.24, 2.45) is 7.05 Å². The summed E-state index contributed by atoms with van der Waals surface area (Å²) in [4.78, 5) is 4.38. The average molecular weight is 438 g/mol. The number of alkyl halides is 3. The molecule has 0 radical (unpaired) electrons. The van der Waals surface area contributed by atoms with Crippen LogP contribution >= 0.6 is 0 Å². The Bertz CT molecular complexity index is 1140. The largest absolute Gasteiger partial charge is 0.416 e. The zero-order valence-electron chi connectivity index (χ0n) is 16.5. The van der Waals surface area contributed by atoms with E-state index >= 15 is 0 Å². The molecule has 1 aromatic heterocycles. The van der Waals surface area contributed by atoms with E-state index in [-0.39, 0.29) is 10.9 Å². The lowest BCUT2D eigenvalue weighted by atomic mass is 10.0. The van der Waals surface area contributed by atoms with Crippen LogP contribution in [0, 0.1) is 0 Å². The van der Waals surface area contributed by atoms with Crippen molar-refractivity contribution in [2.75, 3.05) is 12.4 Å². The molecule has 3 aromatic rings. The van der Waals surface area contributed by atoms with Crippen molar-refractivity contribution >= 4 is 15.7 Å². The number of anilines is 1. The van der Waals surface area contributed by atoms with Crippen LogP contribution in [0.1, 0.15) is 24.1 Å². The second-order valence-electron chi connectivity index (χ2n) is 6.83. The maximum absolute atomic E-state index is 12.8. The summed E-state index contributed by atoms with van der Waals surface area (Å²) in [6.45, 7) is 1.81. The lowest BCUT2D eigenvalue weighted by Gasteiger charge is -2.19.